The summed E-state index contributed by atoms with van der Waals surface area (Å²) >= 11 is 0. The van der Waals surface area contributed by atoms with Crippen molar-refractivity contribution < 1.29 is 0 Å². The van der Waals surface area contributed by atoms with E-state index in [9.17, 15) is 0 Å². The van der Waals surface area contributed by atoms with Crippen molar-refractivity contribution in [2.45, 2.75) is 6.92 Å². The number of nitrogens with zero attached hydrogens (tertiary/aromatic N) is 4. The Morgan fingerprint density at radius 2 is 2.00 bits per heavy atom. The van der Waals surface area contributed by atoms with Crippen LogP contribution >= 0.6 is 0 Å². The maximum atomic E-state index is 8.93. The number of aryl methyl sites for hydroxylation is 1. The lowest BCUT2D eigenvalue weighted by Gasteiger charge is -2.01. The van der Waals surface area contributed by atoms with E-state index in [0.717, 1.165) is 22.6 Å². The van der Waals surface area contributed by atoms with Crippen molar-refractivity contribution in [1.29, 1.82) is 5.26 Å². The van der Waals surface area contributed by atoms with E-state index in [2.05, 4.69) is 16.2 Å². The van der Waals surface area contributed by atoms with E-state index < -0.39 is 0 Å². The number of nitriles is 1. The van der Waals surface area contributed by atoms with Crippen molar-refractivity contribution in [2.75, 3.05) is 0 Å². The zero-order valence-electron chi connectivity index (χ0n) is 11.0. The van der Waals surface area contributed by atoms with Crippen LogP contribution in [0, 0.1) is 18.3 Å². The Labute approximate surface area is 116 Å². The topological polar surface area (TPSA) is 54.5 Å². The van der Waals surface area contributed by atoms with Crippen molar-refractivity contribution in [2.24, 2.45) is 0 Å². The molecule has 0 aliphatic heterocycles. The molecule has 0 spiro atoms. The van der Waals surface area contributed by atoms with Gasteiger partial charge in [-0.1, -0.05) is 12.1 Å². The first-order chi connectivity index (χ1) is 9.76. The van der Waals surface area contributed by atoms with Crippen LogP contribution in [0.1, 0.15) is 11.3 Å². The molecule has 0 unspecified atom stereocenters. The smallest absolute Gasteiger partial charge is 0.0992 e. The van der Waals surface area contributed by atoms with Gasteiger partial charge in [-0.2, -0.15) is 10.4 Å². The molecule has 0 fully saturated rings. The third kappa shape index (κ3) is 2.29. The normalized spacial score (nSPS) is 10.2. The van der Waals surface area contributed by atoms with E-state index in [1.807, 2.05) is 43.5 Å². The molecule has 0 saturated heterocycles. The average Bonchev–Trinajstić information content (AvgIpc) is 2.97. The Kier molecular flexibility index (Phi) is 3.02. The summed E-state index contributed by atoms with van der Waals surface area (Å²) in [6.07, 6.45) is 3.69. The Morgan fingerprint density at radius 1 is 1.15 bits per heavy atom. The fraction of sp³-hybridized carbons (Fsp3) is 0.0625. The lowest BCUT2D eigenvalue weighted by atomic mass is 10.2. The Morgan fingerprint density at radius 3 is 2.80 bits per heavy atom. The van der Waals surface area contributed by atoms with Crippen molar-refractivity contribution in [3.8, 4) is 23.0 Å². The molecule has 0 radical (unpaired) electrons. The molecule has 0 atom stereocenters. The molecule has 0 bridgehead atoms. The predicted octanol–water partition coefficient (Wildman–Crippen LogP) is 3.11. The molecule has 0 aliphatic carbocycles. The van der Waals surface area contributed by atoms with Crippen LogP contribution in [0.25, 0.3) is 16.9 Å². The molecule has 4 nitrogen and oxygen atoms in total. The molecular formula is C16H12N4. The summed E-state index contributed by atoms with van der Waals surface area (Å²) in [6, 6.07) is 15.4. The van der Waals surface area contributed by atoms with Crippen LogP contribution in [0.2, 0.25) is 0 Å². The zero-order chi connectivity index (χ0) is 13.9. The summed E-state index contributed by atoms with van der Waals surface area (Å²) < 4.78 is 1.75. The second kappa shape index (κ2) is 4.98. The molecule has 2 heterocycles. The van der Waals surface area contributed by atoms with Gasteiger partial charge in [0.2, 0.25) is 0 Å². The highest BCUT2D eigenvalue weighted by Crippen LogP contribution is 2.18. The van der Waals surface area contributed by atoms with E-state index in [1.165, 1.54) is 0 Å². The molecule has 1 aromatic carbocycles. The lowest BCUT2D eigenvalue weighted by Crippen LogP contribution is -1.94. The SMILES string of the molecule is Cc1cccc(-c2cnn(-c3cccc(C#N)c3)c2)n1. The quantitative estimate of drug-likeness (QED) is 0.711. The van der Waals surface area contributed by atoms with Crippen molar-refractivity contribution in [3.05, 3.63) is 66.1 Å². The lowest BCUT2D eigenvalue weighted by molar-refractivity contribution is 0.880. The molecule has 0 saturated carbocycles. The van der Waals surface area contributed by atoms with Gasteiger partial charge in [0.25, 0.3) is 0 Å². The molecule has 3 rings (SSSR count). The van der Waals surface area contributed by atoms with Gasteiger partial charge in [-0.05, 0) is 37.3 Å². The number of aromatic nitrogens is 3. The van der Waals surface area contributed by atoms with Crippen molar-refractivity contribution in [3.63, 3.8) is 0 Å². The fourth-order valence-electron chi connectivity index (χ4n) is 2.02. The molecule has 0 amide bonds. The Balaban J connectivity index is 2.00. The van der Waals surface area contributed by atoms with E-state index in [-0.39, 0.29) is 0 Å². The number of pyridine rings is 1. The van der Waals surface area contributed by atoms with Crippen molar-refractivity contribution >= 4 is 0 Å². The first kappa shape index (κ1) is 12.1. The summed E-state index contributed by atoms with van der Waals surface area (Å²) in [6.45, 7) is 1.96. The van der Waals surface area contributed by atoms with Gasteiger partial charge in [0, 0.05) is 17.5 Å². The standard InChI is InChI=1S/C16H12N4/c1-12-4-2-7-16(19-12)14-10-18-20(11-14)15-6-3-5-13(8-15)9-17/h2-8,10-11H,1H3. The fourth-order valence-corrected chi connectivity index (χ4v) is 2.02. The van der Waals surface area contributed by atoms with Gasteiger partial charge in [-0.25, -0.2) is 4.68 Å². The monoisotopic (exact) mass is 260 g/mol. The third-order valence-corrected chi connectivity index (χ3v) is 3.01. The van der Waals surface area contributed by atoms with Gasteiger partial charge in [0.15, 0.2) is 0 Å². The largest absolute Gasteiger partial charge is 0.253 e. The molecular weight excluding hydrogens is 248 g/mol. The van der Waals surface area contributed by atoms with E-state index in [0.29, 0.717) is 5.56 Å². The minimum absolute atomic E-state index is 0.619. The highest BCUT2D eigenvalue weighted by Gasteiger charge is 2.05. The van der Waals surface area contributed by atoms with Gasteiger partial charge in [0.05, 0.1) is 29.2 Å². The number of hydrogen-bond acceptors (Lipinski definition) is 3. The summed E-state index contributed by atoms with van der Waals surface area (Å²) in [5.41, 5.74) is 4.31. The van der Waals surface area contributed by atoms with Crippen molar-refractivity contribution in [1.82, 2.24) is 14.8 Å². The average molecular weight is 260 g/mol. The predicted molar refractivity (Wildman–Crippen MR) is 76.2 cm³/mol. The minimum Gasteiger partial charge on any atom is -0.253 e. The second-order valence-corrected chi connectivity index (χ2v) is 4.50. The third-order valence-electron chi connectivity index (χ3n) is 3.01. The number of rotatable bonds is 2. The molecule has 96 valence electrons. The molecule has 2 aromatic heterocycles. The van der Waals surface area contributed by atoms with Gasteiger partial charge < -0.3 is 0 Å². The van der Waals surface area contributed by atoms with Gasteiger partial charge in [-0.3, -0.25) is 4.98 Å². The van der Waals surface area contributed by atoms with E-state index in [1.54, 1.807) is 23.0 Å². The molecule has 3 aromatic rings. The molecule has 0 N–H and O–H groups in total. The minimum atomic E-state index is 0.619. The summed E-state index contributed by atoms with van der Waals surface area (Å²) in [4.78, 5) is 4.48. The van der Waals surface area contributed by atoms with Gasteiger partial charge >= 0.3 is 0 Å². The highest BCUT2D eigenvalue weighted by molar-refractivity contribution is 5.58. The van der Waals surface area contributed by atoms with Crippen LogP contribution in [0.4, 0.5) is 0 Å². The molecule has 20 heavy (non-hydrogen) atoms. The summed E-state index contributed by atoms with van der Waals surface area (Å²) in [5.74, 6) is 0. The van der Waals surface area contributed by atoms with Crippen LogP contribution in [-0.4, -0.2) is 14.8 Å². The van der Waals surface area contributed by atoms with Gasteiger partial charge in [-0.15, -0.1) is 0 Å². The first-order valence-corrected chi connectivity index (χ1v) is 6.25. The first-order valence-electron chi connectivity index (χ1n) is 6.25. The Hall–Kier alpha value is -2.93. The molecule has 4 heteroatoms. The maximum absolute atomic E-state index is 8.93. The van der Waals surface area contributed by atoms with Crippen LogP contribution in [0.5, 0.6) is 0 Å². The van der Waals surface area contributed by atoms with E-state index >= 15 is 0 Å². The van der Waals surface area contributed by atoms with E-state index in [4.69, 9.17) is 5.26 Å². The van der Waals surface area contributed by atoms with Crippen LogP contribution in [0.3, 0.4) is 0 Å². The van der Waals surface area contributed by atoms with Crippen LogP contribution < -0.4 is 0 Å². The van der Waals surface area contributed by atoms with Crippen LogP contribution in [0.15, 0.2) is 54.9 Å². The maximum Gasteiger partial charge on any atom is 0.0992 e. The Bertz CT molecular complexity index is 796. The number of hydrogen-bond donors (Lipinski definition) is 0. The second-order valence-electron chi connectivity index (χ2n) is 4.50. The summed E-state index contributed by atoms with van der Waals surface area (Å²) in [5, 5.41) is 13.3. The van der Waals surface area contributed by atoms with Gasteiger partial charge in [0.1, 0.15) is 0 Å². The molecule has 0 aliphatic rings. The van der Waals surface area contributed by atoms with Crippen LogP contribution in [-0.2, 0) is 0 Å². The number of benzene rings is 1. The highest BCUT2D eigenvalue weighted by atomic mass is 15.3. The summed E-state index contributed by atoms with van der Waals surface area (Å²) in [7, 11) is 0. The zero-order valence-corrected chi connectivity index (χ0v) is 11.0.